The minimum atomic E-state index is -0.961. The molecule has 5 heteroatoms. The van der Waals surface area contributed by atoms with Crippen LogP contribution in [-0.2, 0) is 19.1 Å². The lowest BCUT2D eigenvalue weighted by atomic mass is 9.53. The molecule has 5 nitrogen and oxygen atoms in total. The third-order valence-corrected chi connectivity index (χ3v) is 7.24. The maximum Gasteiger partial charge on any atom is 0.303 e. The van der Waals surface area contributed by atoms with Gasteiger partial charge in [-0.05, 0) is 55.4 Å². The topological polar surface area (TPSA) is 72.8 Å². The Bertz CT molecular complexity index is 702. The number of carbonyl (C=O) groups excluding carboxylic acids is 2. The van der Waals surface area contributed by atoms with Gasteiger partial charge in [-0.3, -0.25) is 9.59 Å². The predicted molar refractivity (Wildman–Crippen MR) is 113 cm³/mol. The van der Waals surface area contributed by atoms with Gasteiger partial charge in [-0.2, -0.15) is 0 Å². The Kier molecular flexibility index (Phi) is 6.73. The van der Waals surface area contributed by atoms with E-state index in [0.717, 1.165) is 31.3 Å². The molecule has 2 aliphatic rings. The average molecular weight is 407 g/mol. The van der Waals surface area contributed by atoms with E-state index in [9.17, 15) is 14.7 Å². The number of aliphatic hydroxyl groups is 1. The second-order valence-electron chi connectivity index (χ2n) is 10.0. The van der Waals surface area contributed by atoms with Crippen molar-refractivity contribution in [3.05, 3.63) is 23.8 Å². The summed E-state index contributed by atoms with van der Waals surface area (Å²) in [6.07, 6.45) is 4.74. The van der Waals surface area contributed by atoms with Crippen LogP contribution < -0.4 is 0 Å². The fourth-order valence-corrected chi connectivity index (χ4v) is 5.25. The van der Waals surface area contributed by atoms with E-state index in [1.54, 1.807) is 13.0 Å². The lowest BCUT2D eigenvalue weighted by Gasteiger charge is -2.54. The Morgan fingerprint density at radius 2 is 1.83 bits per heavy atom. The van der Waals surface area contributed by atoms with Gasteiger partial charge in [0.15, 0.2) is 6.10 Å². The Balaban J connectivity index is 2.64. The number of hydrogen-bond acceptors (Lipinski definition) is 5. The van der Waals surface area contributed by atoms with Crippen molar-refractivity contribution in [2.75, 3.05) is 0 Å². The van der Waals surface area contributed by atoms with Crippen LogP contribution in [0.5, 0.6) is 0 Å². The highest BCUT2D eigenvalue weighted by molar-refractivity contribution is 5.68. The maximum absolute atomic E-state index is 12.0. The highest BCUT2D eigenvalue weighted by Gasteiger charge is 2.55. The molecule has 0 bridgehead atoms. The van der Waals surface area contributed by atoms with Crippen molar-refractivity contribution >= 4 is 11.9 Å². The number of allylic oxidation sites excluding steroid dienone is 1. The van der Waals surface area contributed by atoms with E-state index in [4.69, 9.17) is 9.47 Å². The van der Waals surface area contributed by atoms with Crippen LogP contribution >= 0.6 is 0 Å². The van der Waals surface area contributed by atoms with E-state index in [2.05, 4.69) is 34.3 Å². The smallest absolute Gasteiger partial charge is 0.303 e. The molecule has 0 aliphatic heterocycles. The molecule has 0 heterocycles. The standard InChI is InChI=1S/C24H38O5/c1-9-23(7,27)13-14-24(8)15(2)20(28-16(3)25)21(29-17(4)26)19-18(24)11-10-12-22(19,5)6/h9,15,20-21,27H,1,10-14H2,2-8H3/t15-,20+,21-,23-,24-/m0/s1. The zero-order chi connectivity index (χ0) is 22.2. The number of ether oxygens (including phenoxy) is 2. The van der Waals surface area contributed by atoms with Crippen LogP contribution in [0.3, 0.4) is 0 Å². The number of hydrogen-bond donors (Lipinski definition) is 1. The molecule has 1 N–H and O–H groups in total. The molecule has 2 aliphatic carbocycles. The summed E-state index contributed by atoms with van der Waals surface area (Å²) >= 11 is 0. The van der Waals surface area contributed by atoms with Crippen molar-refractivity contribution in [3.8, 4) is 0 Å². The molecule has 0 saturated carbocycles. The summed E-state index contributed by atoms with van der Waals surface area (Å²) in [6, 6.07) is 0. The summed E-state index contributed by atoms with van der Waals surface area (Å²) in [7, 11) is 0. The predicted octanol–water partition coefficient (Wildman–Crippen LogP) is 4.73. The molecule has 0 saturated heterocycles. The highest BCUT2D eigenvalue weighted by atomic mass is 16.6. The van der Waals surface area contributed by atoms with Gasteiger partial charge in [0.1, 0.15) is 6.10 Å². The van der Waals surface area contributed by atoms with E-state index in [1.807, 2.05) is 0 Å². The highest BCUT2D eigenvalue weighted by Crippen LogP contribution is 2.58. The molecule has 0 unspecified atom stereocenters. The van der Waals surface area contributed by atoms with Crippen molar-refractivity contribution in [3.63, 3.8) is 0 Å². The third kappa shape index (κ3) is 4.76. The lowest BCUT2D eigenvalue weighted by Crippen LogP contribution is -2.55. The quantitative estimate of drug-likeness (QED) is 0.510. The van der Waals surface area contributed by atoms with Crippen molar-refractivity contribution in [1.82, 2.24) is 0 Å². The van der Waals surface area contributed by atoms with E-state index >= 15 is 0 Å². The van der Waals surface area contributed by atoms with Crippen molar-refractivity contribution in [2.45, 2.75) is 98.4 Å². The van der Waals surface area contributed by atoms with E-state index in [-0.39, 0.29) is 28.7 Å². The molecular weight excluding hydrogens is 368 g/mol. The third-order valence-electron chi connectivity index (χ3n) is 7.24. The van der Waals surface area contributed by atoms with Crippen molar-refractivity contribution in [2.24, 2.45) is 16.7 Å². The molecule has 0 radical (unpaired) electrons. The van der Waals surface area contributed by atoms with Crippen LogP contribution in [0, 0.1) is 16.7 Å². The van der Waals surface area contributed by atoms with Crippen molar-refractivity contribution in [1.29, 1.82) is 0 Å². The van der Waals surface area contributed by atoms with Gasteiger partial charge in [0.05, 0.1) is 5.60 Å². The Labute approximate surface area is 175 Å². The number of esters is 2. The molecule has 0 aromatic heterocycles. The molecule has 0 aromatic carbocycles. The summed E-state index contributed by atoms with van der Waals surface area (Å²) in [5.41, 5.74) is 1.00. The molecule has 164 valence electrons. The largest absolute Gasteiger partial charge is 0.458 e. The summed E-state index contributed by atoms with van der Waals surface area (Å²) in [4.78, 5) is 23.9. The number of carbonyl (C=O) groups is 2. The summed E-state index contributed by atoms with van der Waals surface area (Å²) in [6.45, 7) is 16.9. The van der Waals surface area contributed by atoms with Gasteiger partial charge in [-0.15, -0.1) is 6.58 Å². The molecule has 2 rings (SSSR count). The van der Waals surface area contributed by atoms with Gasteiger partial charge >= 0.3 is 11.9 Å². The van der Waals surface area contributed by atoms with Crippen LogP contribution in [0.2, 0.25) is 0 Å². The van der Waals surface area contributed by atoms with Gasteiger partial charge < -0.3 is 14.6 Å². The van der Waals surface area contributed by atoms with Crippen LogP contribution in [0.1, 0.15) is 80.6 Å². The average Bonchev–Trinajstić information content (AvgIpc) is 2.60. The lowest BCUT2D eigenvalue weighted by molar-refractivity contribution is -0.174. The molecule has 0 aromatic rings. The summed E-state index contributed by atoms with van der Waals surface area (Å²) in [5.74, 6) is -0.813. The Morgan fingerprint density at radius 1 is 1.24 bits per heavy atom. The van der Waals surface area contributed by atoms with Gasteiger partial charge in [0.25, 0.3) is 0 Å². The van der Waals surface area contributed by atoms with Gasteiger partial charge in [0.2, 0.25) is 0 Å². The van der Waals surface area contributed by atoms with Gasteiger partial charge in [0, 0.05) is 19.8 Å². The summed E-state index contributed by atoms with van der Waals surface area (Å²) < 4.78 is 11.6. The summed E-state index contributed by atoms with van der Waals surface area (Å²) in [5, 5.41) is 10.5. The van der Waals surface area contributed by atoms with Crippen molar-refractivity contribution < 1.29 is 24.2 Å². The zero-order valence-corrected chi connectivity index (χ0v) is 19.1. The minimum absolute atomic E-state index is 0.0657. The number of rotatable bonds is 6. The fraction of sp³-hybridized carbons (Fsp3) is 0.750. The first-order valence-corrected chi connectivity index (χ1v) is 10.7. The normalized spacial score (nSPS) is 33.3. The molecule has 0 fully saturated rings. The first-order valence-electron chi connectivity index (χ1n) is 10.7. The van der Waals surface area contributed by atoms with Crippen LogP contribution in [-0.4, -0.2) is 34.9 Å². The molecule has 0 amide bonds. The van der Waals surface area contributed by atoms with E-state index in [1.165, 1.54) is 19.4 Å². The SMILES string of the molecule is C=C[C@](C)(O)CC[C@]1(C)C2=C([C@H](OC(C)=O)[C@H](OC(C)=O)[C@@H]1C)C(C)(C)CCC2. The molecule has 0 spiro atoms. The fourth-order valence-electron chi connectivity index (χ4n) is 5.25. The molecule has 5 atom stereocenters. The Hall–Kier alpha value is -1.62. The maximum atomic E-state index is 12.0. The first-order chi connectivity index (χ1) is 13.2. The monoisotopic (exact) mass is 406 g/mol. The minimum Gasteiger partial charge on any atom is -0.458 e. The molecule has 29 heavy (non-hydrogen) atoms. The van der Waals surface area contributed by atoms with E-state index in [0.29, 0.717) is 6.42 Å². The molecular formula is C24H38O5. The van der Waals surface area contributed by atoms with Crippen LogP contribution in [0.15, 0.2) is 23.8 Å². The first kappa shape index (κ1) is 23.7. The Morgan fingerprint density at radius 3 is 2.34 bits per heavy atom. The van der Waals surface area contributed by atoms with E-state index < -0.39 is 17.8 Å². The second-order valence-corrected chi connectivity index (χ2v) is 10.0. The second kappa shape index (κ2) is 8.25. The van der Waals surface area contributed by atoms with Gasteiger partial charge in [-0.25, -0.2) is 0 Å². The zero-order valence-electron chi connectivity index (χ0n) is 19.1. The van der Waals surface area contributed by atoms with Crippen LogP contribution in [0.4, 0.5) is 0 Å². The van der Waals surface area contributed by atoms with Crippen LogP contribution in [0.25, 0.3) is 0 Å². The van der Waals surface area contributed by atoms with Gasteiger partial charge in [-0.1, -0.05) is 39.3 Å².